The summed E-state index contributed by atoms with van der Waals surface area (Å²) < 4.78 is 0. The largest absolute Gasteiger partial charge is 0.507 e. The van der Waals surface area contributed by atoms with Crippen LogP contribution >= 0.6 is 11.6 Å². The second-order valence-electron chi connectivity index (χ2n) is 5.10. The molecular weight excluding hydrogens is 292 g/mol. The number of aromatic amines is 1. The first-order chi connectivity index (χ1) is 10.1. The molecule has 1 aromatic heterocycles. The summed E-state index contributed by atoms with van der Waals surface area (Å²) in [4.78, 5) is 2.23. The standard InChI is InChI=1S/C14H17ClN4O2/c1-8-14(19-4-2-16-3-5-19)13(18-17-8)9-6-10(15)12(21)7-11(9)20/h6-7,16,20-21H,2-5H2,1H3,(H,17,18). The molecule has 0 aliphatic carbocycles. The molecule has 1 aliphatic heterocycles. The number of rotatable bonds is 2. The van der Waals surface area contributed by atoms with Crippen molar-refractivity contribution in [2.75, 3.05) is 31.1 Å². The van der Waals surface area contributed by atoms with E-state index in [2.05, 4.69) is 20.4 Å². The van der Waals surface area contributed by atoms with Crippen LogP contribution in [0.25, 0.3) is 11.3 Å². The van der Waals surface area contributed by atoms with Gasteiger partial charge in [-0.3, -0.25) is 5.10 Å². The molecule has 0 unspecified atom stereocenters. The maximum Gasteiger partial charge on any atom is 0.137 e. The van der Waals surface area contributed by atoms with Crippen LogP contribution in [0, 0.1) is 6.92 Å². The van der Waals surface area contributed by atoms with Gasteiger partial charge in [0.05, 0.1) is 16.4 Å². The van der Waals surface area contributed by atoms with E-state index in [1.165, 1.54) is 12.1 Å². The van der Waals surface area contributed by atoms with E-state index in [0.29, 0.717) is 11.3 Å². The minimum atomic E-state index is -0.145. The van der Waals surface area contributed by atoms with Crippen molar-refractivity contribution in [1.82, 2.24) is 15.5 Å². The number of H-pyrrole nitrogens is 1. The van der Waals surface area contributed by atoms with Crippen molar-refractivity contribution in [2.24, 2.45) is 0 Å². The van der Waals surface area contributed by atoms with Crippen molar-refractivity contribution in [3.63, 3.8) is 0 Å². The van der Waals surface area contributed by atoms with Gasteiger partial charge in [-0.1, -0.05) is 11.6 Å². The molecule has 4 N–H and O–H groups in total. The average molecular weight is 309 g/mol. The fraction of sp³-hybridized carbons (Fsp3) is 0.357. The number of anilines is 1. The van der Waals surface area contributed by atoms with Crippen LogP contribution in [-0.2, 0) is 0 Å². The highest BCUT2D eigenvalue weighted by atomic mass is 35.5. The van der Waals surface area contributed by atoms with E-state index in [4.69, 9.17) is 11.6 Å². The number of aryl methyl sites for hydroxylation is 1. The minimum absolute atomic E-state index is 0.0419. The van der Waals surface area contributed by atoms with Crippen LogP contribution in [0.4, 0.5) is 5.69 Å². The van der Waals surface area contributed by atoms with Crippen LogP contribution in [0.15, 0.2) is 12.1 Å². The Morgan fingerprint density at radius 1 is 1.19 bits per heavy atom. The SMILES string of the molecule is Cc1[nH]nc(-c2cc(Cl)c(O)cc2O)c1N1CCNCC1. The Kier molecular flexibility index (Phi) is 3.65. The van der Waals surface area contributed by atoms with E-state index in [0.717, 1.165) is 37.6 Å². The zero-order valence-electron chi connectivity index (χ0n) is 11.6. The predicted octanol–water partition coefficient (Wildman–Crippen LogP) is 1.86. The van der Waals surface area contributed by atoms with Gasteiger partial charge in [-0.25, -0.2) is 0 Å². The molecule has 7 heteroatoms. The van der Waals surface area contributed by atoms with Gasteiger partial charge in [0.15, 0.2) is 0 Å². The van der Waals surface area contributed by atoms with Gasteiger partial charge in [-0.05, 0) is 13.0 Å². The van der Waals surface area contributed by atoms with Crippen molar-refractivity contribution < 1.29 is 10.2 Å². The number of aromatic nitrogens is 2. The van der Waals surface area contributed by atoms with E-state index in [-0.39, 0.29) is 16.5 Å². The lowest BCUT2D eigenvalue weighted by atomic mass is 10.1. The third-order valence-corrected chi connectivity index (χ3v) is 3.97. The summed E-state index contributed by atoms with van der Waals surface area (Å²) in [5.74, 6) is -0.186. The monoisotopic (exact) mass is 308 g/mol. The molecule has 2 heterocycles. The lowest BCUT2D eigenvalue weighted by Crippen LogP contribution is -2.43. The van der Waals surface area contributed by atoms with E-state index < -0.39 is 0 Å². The highest BCUT2D eigenvalue weighted by Crippen LogP contribution is 2.41. The number of nitrogens with one attached hydrogen (secondary N) is 2. The first-order valence-corrected chi connectivity index (χ1v) is 7.18. The van der Waals surface area contributed by atoms with Crippen LogP contribution in [-0.4, -0.2) is 46.6 Å². The van der Waals surface area contributed by atoms with Gasteiger partial charge in [-0.2, -0.15) is 5.10 Å². The summed E-state index contributed by atoms with van der Waals surface area (Å²) >= 11 is 5.96. The number of benzene rings is 1. The summed E-state index contributed by atoms with van der Waals surface area (Å²) in [6.07, 6.45) is 0. The van der Waals surface area contributed by atoms with Crippen LogP contribution in [0.2, 0.25) is 5.02 Å². The fourth-order valence-electron chi connectivity index (χ4n) is 2.63. The topological polar surface area (TPSA) is 84.4 Å². The summed E-state index contributed by atoms with van der Waals surface area (Å²) in [6, 6.07) is 2.77. The number of aromatic hydroxyl groups is 2. The highest BCUT2D eigenvalue weighted by Gasteiger charge is 2.22. The van der Waals surface area contributed by atoms with Crippen molar-refractivity contribution >= 4 is 17.3 Å². The summed E-state index contributed by atoms with van der Waals surface area (Å²) in [6.45, 7) is 5.52. The highest BCUT2D eigenvalue weighted by molar-refractivity contribution is 6.32. The minimum Gasteiger partial charge on any atom is -0.507 e. The molecule has 1 saturated heterocycles. The molecule has 0 atom stereocenters. The molecule has 0 bridgehead atoms. The van der Waals surface area contributed by atoms with E-state index in [1.54, 1.807) is 0 Å². The Bertz CT molecular complexity index is 665. The van der Waals surface area contributed by atoms with Gasteiger partial charge in [0.25, 0.3) is 0 Å². The molecule has 0 spiro atoms. The van der Waals surface area contributed by atoms with Crippen LogP contribution in [0.3, 0.4) is 0 Å². The van der Waals surface area contributed by atoms with E-state index in [1.807, 2.05) is 6.92 Å². The van der Waals surface area contributed by atoms with Crippen molar-refractivity contribution in [1.29, 1.82) is 0 Å². The first kappa shape index (κ1) is 14.0. The second kappa shape index (κ2) is 5.46. The fourth-order valence-corrected chi connectivity index (χ4v) is 2.79. The third-order valence-electron chi connectivity index (χ3n) is 3.67. The Morgan fingerprint density at radius 2 is 1.90 bits per heavy atom. The van der Waals surface area contributed by atoms with Gasteiger partial charge in [0.2, 0.25) is 0 Å². The molecule has 3 rings (SSSR count). The second-order valence-corrected chi connectivity index (χ2v) is 5.51. The molecule has 1 aliphatic rings. The molecule has 0 radical (unpaired) electrons. The molecule has 1 aromatic carbocycles. The quantitative estimate of drug-likeness (QED) is 0.680. The number of phenolic OH excluding ortho intramolecular Hbond substituents is 2. The van der Waals surface area contributed by atoms with E-state index >= 15 is 0 Å². The van der Waals surface area contributed by atoms with Crippen LogP contribution in [0.5, 0.6) is 11.5 Å². The summed E-state index contributed by atoms with van der Waals surface area (Å²) in [7, 11) is 0. The zero-order chi connectivity index (χ0) is 15.0. The number of halogens is 1. The number of phenols is 2. The number of hydrogen-bond donors (Lipinski definition) is 4. The van der Waals surface area contributed by atoms with Gasteiger partial charge in [-0.15, -0.1) is 0 Å². The predicted molar refractivity (Wildman–Crippen MR) is 82.2 cm³/mol. The molecule has 0 saturated carbocycles. The van der Waals surface area contributed by atoms with Gasteiger partial charge >= 0.3 is 0 Å². The van der Waals surface area contributed by atoms with Gasteiger partial charge in [0.1, 0.15) is 17.2 Å². The van der Waals surface area contributed by atoms with Crippen molar-refractivity contribution in [3.8, 4) is 22.8 Å². The van der Waals surface area contributed by atoms with Crippen LogP contribution < -0.4 is 10.2 Å². The molecule has 21 heavy (non-hydrogen) atoms. The Balaban J connectivity index is 2.09. The molecule has 112 valence electrons. The number of nitrogens with zero attached hydrogens (tertiary/aromatic N) is 2. The summed E-state index contributed by atoms with van der Waals surface area (Å²) in [5, 5.41) is 30.4. The lowest BCUT2D eigenvalue weighted by Gasteiger charge is -2.29. The normalized spacial score (nSPS) is 15.4. The molecule has 0 amide bonds. The maximum atomic E-state index is 10.1. The van der Waals surface area contributed by atoms with E-state index in [9.17, 15) is 10.2 Å². The Morgan fingerprint density at radius 3 is 2.62 bits per heavy atom. The Labute approximate surface area is 127 Å². The third kappa shape index (κ3) is 2.52. The molecule has 6 nitrogen and oxygen atoms in total. The maximum absolute atomic E-state index is 10.1. The number of hydrogen-bond acceptors (Lipinski definition) is 5. The first-order valence-electron chi connectivity index (χ1n) is 6.80. The molecule has 1 fully saturated rings. The summed E-state index contributed by atoms with van der Waals surface area (Å²) in [5.41, 5.74) is 3.06. The smallest absolute Gasteiger partial charge is 0.137 e. The van der Waals surface area contributed by atoms with Crippen molar-refractivity contribution in [2.45, 2.75) is 6.92 Å². The molecule has 2 aromatic rings. The molecular formula is C14H17ClN4O2. The zero-order valence-corrected chi connectivity index (χ0v) is 12.4. The lowest BCUT2D eigenvalue weighted by molar-refractivity contribution is 0.452. The van der Waals surface area contributed by atoms with Gasteiger partial charge in [0, 0.05) is 37.8 Å². The van der Waals surface area contributed by atoms with Crippen LogP contribution in [0.1, 0.15) is 5.69 Å². The number of piperazine rings is 1. The average Bonchev–Trinajstić information content (AvgIpc) is 2.85. The van der Waals surface area contributed by atoms with Crippen molar-refractivity contribution in [3.05, 3.63) is 22.8 Å². The van der Waals surface area contributed by atoms with Gasteiger partial charge < -0.3 is 20.4 Å². The Hall–Kier alpha value is -1.92.